The first-order chi connectivity index (χ1) is 19.1. The van der Waals surface area contributed by atoms with Crippen molar-refractivity contribution in [1.82, 2.24) is 34.3 Å². The number of hydrogen-bond donors (Lipinski definition) is 1. The number of aliphatic carboxylic acids is 1. The quantitative estimate of drug-likeness (QED) is 0.268. The van der Waals surface area contributed by atoms with Crippen LogP contribution in [0.1, 0.15) is 49.9 Å². The first kappa shape index (κ1) is 29.0. The summed E-state index contributed by atoms with van der Waals surface area (Å²) in [5, 5.41) is 19.9. The predicted octanol–water partition coefficient (Wildman–Crippen LogP) is 4.32. The SMILES string of the molecule is CCCCCn1c2c(c(=O)n3c(CCCc4nc(-c5cccnc5)no4)nnc13)CC(Br)=N2.O=C(O)C(F)(F)F. The number of pyridine rings is 1. The van der Waals surface area contributed by atoms with E-state index >= 15 is 0 Å². The third-order valence-electron chi connectivity index (χ3n) is 5.90. The van der Waals surface area contributed by atoms with E-state index in [1.807, 2.05) is 16.7 Å². The van der Waals surface area contributed by atoms with Crippen LogP contribution in [0.5, 0.6) is 0 Å². The fourth-order valence-electron chi connectivity index (χ4n) is 4.02. The Morgan fingerprint density at radius 1 is 1.20 bits per heavy atom. The molecule has 0 amide bonds. The van der Waals surface area contributed by atoms with Crippen molar-refractivity contribution >= 4 is 38.1 Å². The Bertz CT molecular complexity index is 1580. The number of hydrogen-bond acceptors (Lipinski definition) is 9. The first-order valence-corrected chi connectivity index (χ1v) is 13.1. The molecule has 0 bridgehead atoms. The Hall–Kier alpha value is -3.95. The van der Waals surface area contributed by atoms with Crippen molar-refractivity contribution in [3.8, 4) is 11.4 Å². The van der Waals surface area contributed by atoms with Crippen LogP contribution in [0.15, 0.2) is 38.8 Å². The third-order valence-corrected chi connectivity index (χ3v) is 6.36. The van der Waals surface area contributed by atoms with E-state index in [9.17, 15) is 18.0 Å². The van der Waals surface area contributed by atoms with Crippen molar-refractivity contribution in [3.63, 3.8) is 0 Å². The van der Waals surface area contributed by atoms with Crippen molar-refractivity contribution in [1.29, 1.82) is 0 Å². The van der Waals surface area contributed by atoms with Crippen LogP contribution in [0.4, 0.5) is 19.0 Å². The second-order valence-corrected chi connectivity index (χ2v) is 9.71. The second-order valence-electron chi connectivity index (χ2n) is 8.79. The van der Waals surface area contributed by atoms with E-state index in [4.69, 9.17) is 14.4 Å². The molecule has 4 aromatic heterocycles. The number of aliphatic imine (C=N–C) groups is 1. The number of carboxylic acid groups (broad SMARTS) is 1. The molecule has 0 aromatic carbocycles. The van der Waals surface area contributed by atoms with Gasteiger partial charge < -0.3 is 9.63 Å². The minimum atomic E-state index is -5.08. The normalized spacial score (nSPS) is 12.7. The average Bonchev–Trinajstić information content (AvgIpc) is 3.65. The van der Waals surface area contributed by atoms with Gasteiger partial charge in [0.2, 0.25) is 17.5 Å². The van der Waals surface area contributed by atoms with Crippen molar-refractivity contribution in [2.24, 2.45) is 4.99 Å². The van der Waals surface area contributed by atoms with Gasteiger partial charge in [-0.15, -0.1) is 10.2 Å². The maximum Gasteiger partial charge on any atom is 0.490 e. The molecule has 40 heavy (non-hydrogen) atoms. The van der Waals surface area contributed by atoms with Gasteiger partial charge in [0, 0.05) is 43.8 Å². The zero-order chi connectivity index (χ0) is 28.9. The third kappa shape index (κ3) is 6.60. The van der Waals surface area contributed by atoms with Crippen LogP contribution in [0.2, 0.25) is 0 Å². The van der Waals surface area contributed by atoms with Crippen LogP contribution in [-0.4, -0.2) is 56.2 Å². The molecule has 0 radical (unpaired) electrons. The average molecular weight is 625 g/mol. The zero-order valence-electron chi connectivity index (χ0n) is 21.2. The van der Waals surface area contributed by atoms with E-state index in [1.165, 1.54) is 0 Å². The van der Waals surface area contributed by atoms with Crippen LogP contribution in [-0.2, 0) is 30.6 Å². The van der Waals surface area contributed by atoms with Gasteiger partial charge in [0.25, 0.3) is 5.56 Å². The van der Waals surface area contributed by atoms with Crippen molar-refractivity contribution < 1.29 is 27.6 Å². The van der Waals surface area contributed by atoms with Crippen LogP contribution < -0.4 is 5.56 Å². The minimum Gasteiger partial charge on any atom is -0.475 e. The van der Waals surface area contributed by atoms with Crippen molar-refractivity contribution in [2.75, 3.05) is 0 Å². The number of unbranched alkanes of at least 4 members (excludes halogenated alkanes) is 2. The van der Waals surface area contributed by atoms with Gasteiger partial charge in [0.15, 0.2) is 0 Å². The molecule has 0 saturated heterocycles. The lowest BCUT2D eigenvalue weighted by Gasteiger charge is -2.12. The Morgan fingerprint density at radius 2 is 1.98 bits per heavy atom. The Balaban J connectivity index is 0.000000470. The number of nitrogens with zero attached hydrogens (tertiary/aromatic N) is 8. The molecule has 0 saturated carbocycles. The number of fused-ring (bicyclic) bond motifs is 2. The maximum absolute atomic E-state index is 13.3. The molecule has 16 heteroatoms. The van der Waals surface area contributed by atoms with E-state index in [-0.39, 0.29) is 5.56 Å². The van der Waals surface area contributed by atoms with Gasteiger partial charge in [0.1, 0.15) is 11.6 Å². The lowest BCUT2D eigenvalue weighted by molar-refractivity contribution is -0.192. The molecule has 0 spiro atoms. The molecular weight excluding hydrogens is 601 g/mol. The van der Waals surface area contributed by atoms with Crippen LogP contribution in [0.3, 0.4) is 0 Å². The molecule has 212 valence electrons. The highest BCUT2D eigenvalue weighted by Crippen LogP contribution is 2.28. The molecule has 0 aliphatic carbocycles. The molecule has 1 aliphatic rings. The molecule has 0 unspecified atom stereocenters. The largest absolute Gasteiger partial charge is 0.490 e. The Kier molecular flexibility index (Phi) is 9.07. The molecule has 4 aromatic rings. The van der Waals surface area contributed by atoms with Gasteiger partial charge in [-0.25, -0.2) is 14.2 Å². The van der Waals surface area contributed by atoms with E-state index < -0.39 is 12.1 Å². The summed E-state index contributed by atoms with van der Waals surface area (Å²) in [5.74, 6) is 0.181. The minimum absolute atomic E-state index is 0.0957. The molecule has 5 heterocycles. The van der Waals surface area contributed by atoms with Crippen LogP contribution >= 0.6 is 15.9 Å². The van der Waals surface area contributed by atoms with E-state index in [0.717, 1.165) is 36.0 Å². The van der Waals surface area contributed by atoms with Gasteiger partial charge in [-0.3, -0.25) is 14.3 Å². The predicted molar refractivity (Wildman–Crippen MR) is 140 cm³/mol. The molecule has 1 aliphatic heterocycles. The molecular formula is C24H24BrF3N8O4. The number of halogens is 4. The van der Waals surface area contributed by atoms with Gasteiger partial charge in [-0.1, -0.05) is 24.9 Å². The topological polar surface area (TPSA) is 154 Å². The number of carboxylic acids is 1. The summed E-state index contributed by atoms with van der Waals surface area (Å²) in [4.78, 5) is 35.2. The maximum atomic E-state index is 13.3. The summed E-state index contributed by atoms with van der Waals surface area (Å²) in [5.41, 5.74) is 1.40. The lowest BCUT2D eigenvalue weighted by atomic mass is 10.2. The summed E-state index contributed by atoms with van der Waals surface area (Å²) in [6, 6.07) is 3.72. The number of carbonyl (C=O) groups is 1. The van der Waals surface area contributed by atoms with E-state index in [2.05, 4.69) is 53.2 Å². The van der Waals surface area contributed by atoms with E-state index in [1.54, 1.807) is 16.8 Å². The summed E-state index contributed by atoms with van der Waals surface area (Å²) >= 11 is 3.46. The van der Waals surface area contributed by atoms with Crippen LogP contribution in [0.25, 0.3) is 17.2 Å². The fraction of sp³-hybridized carbons (Fsp3) is 0.417. The molecule has 0 fully saturated rings. The summed E-state index contributed by atoms with van der Waals surface area (Å²) in [6.45, 7) is 2.92. The molecule has 0 atom stereocenters. The number of rotatable bonds is 9. The summed E-state index contributed by atoms with van der Waals surface area (Å²) < 4.78 is 41.5. The fourth-order valence-corrected chi connectivity index (χ4v) is 4.46. The number of alkyl halides is 3. The van der Waals surface area contributed by atoms with Gasteiger partial charge >= 0.3 is 12.1 Å². The smallest absolute Gasteiger partial charge is 0.475 e. The standard InChI is InChI=1S/C22H23BrN8O2.C2HF3O2/c1-2-3-4-11-30-20-15(12-16(23)25-20)21(32)31-17(27-28-22(30)31)8-5-9-18-26-19(29-33-18)14-7-6-10-24-13-14;3-2(4,5)1(6)7/h6-7,10,13H,2-5,8-9,11-12H2,1H3;(H,6,7). The summed E-state index contributed by atoms with van der Waals surface area (Å²) in [6.07, 6.45) is 3.85. The summed E-state index contributed by atoms with van der Waals surface area (Å²) in [7, 11) is 0. The van der Waals surface area contributed by atoms with Gasteiger partial charge in [-0.2, -0.15) is 18.2 Å². The highest BCUT2D eigenvalue weighted by Gasteiger charge is 2.38. The lowest BCUT2D eigenvalue weighted by Crippen LogP contribution is -2.23. The van der Waals surface area contributed by atoms with Gasteiger partial charge in [-0.05, 0) is 40.9 Å². The number of aromatic nitrogens is 7. The van der Waals surface area contributed by atoms with Crippen molar-refractivity contribution in [3.05, 3.63) is 52.2 Å². The molecule has 1 N–H and O–H groups in total. The van der Waals surface area contributed by atoms with E-state index in [0.29, 0.717) is 60.4 Å². The Morgan fingerprint density at radius 3 is 2.65 bits per heavy atom. The molecule has 12 nitrogen and oxygen atoms in total. The first-order valence-electron chi connectivity index (χ1n) is 12.4. The molecule has 5 rings (SSSR count). The van der Waals surface area contributed by atoms with Gasteiger partial charge in [0.05, 0.1) is 10.2 Å². The zero-order valence-corrected chi connectivity index (χ0v) is 22.8. The second kappa shape index (κ2) is 12.5. The number of aryl methyl sites for hydroxylation is 3. The highest BCUT2D eigenvalue weighted by atomic mass is 79.9. The van der Waals surface area contributed by atoms with Crippen LogP contribution in [0, 0.1) is 0 Å². The Labute approximate surface area is 233 Å². The monoisotopic (exact) mass is 624 g/mol. The van der Waals surface area contributed by atoms with Crippen molar-refractivity contribution in [2.45, 2.75) is 64.6 Å². The highest BCUT2D eigenvalue weighted by molar-refractivity contribution is 9.18.